The average Bonchev–Trinajstić information content (AvgIpc) is 2.66. The van der Waals surface area contributed by atoms with Crippen LogP contribution in [0.1, 0.15) is 12.8 Å². The van der Waals surface area contributed by atoms with Crippen LogP contribution < -0.4 is 0 Å². The lowest BCUT2D eigenvalue weighted by Gasteiger charge is -2.10. The maximum Gasteiger partial charge on any atom is 0.424 e. The van der Waals surface area contributed by atoms with Crippen molar-refractivity contribution in [2.45, 2.75) is 25.0 Å². The summed E-state index contributed by atoms with van der Waals surface area (Å²) in [6.07, 6.45) is 0.396. The molecule has 2 aliphatic heterocycles. The molecule has 2 heterocycles. The Labute approximate surface area is 102 Å². The Bertz CT molecular complexity index is 329. The SMILES string of the molecule is O=P1(Cl)OCC(CCC2COP(=O)(Cl)O2)O1. The zero-order chi connectivity index (χ0) is 11.8. The summed E-state index contributed by atoms with van der Waals surface area (Å²) in [4.78, 5) is 0. The van der Waals surface area contributed by atoms with Gasteiger partial charge in [-0.25, -0.2) is 9.13 Å². The van der Waals surface area contributed by atoms with Crippen molar-refractivity contribution in [3.63, 3.8) is 0 Å². The van der Waals surface area contributed by atoms with Gasteiger partial charge < -0.3 is 0 Å². The Morgan fingerprint density at radius 1 is 0.938 bits per heavy atom. The highest BCUT2D eigenvalue weighted by molar-refractivity contribution is 7.81. The first-order chi connectivity index (χ1) is 7.36. The first-order valence-corrected chi connectivity index (χ1v) is 9.51. The van der Waals surface area contributed by atoms with Crippen molar-refractivity contribution in [2.24, 2.45) is 0 Å². The van der Waals surface area contributed by atoms with Crippen LogP contribution in [0, 0.1) is 0 Å². The third kappa shape index (κ3) is 3.69. The molecule has 0 bridgehead atoms. The van der Waals surface area contributed by atoms with E-state index in [4.69, 9.17) is 40.6 Å². The zero-order valence-corrected chi connectivity index (χ0v) is 11.4. The number of hydrogen-bond acceptors (Lipinski definition) is 6. The molecule has 0 aromatic heterocycles. The molecule has 0 radical (unpaired) electrons. The zero-order valence-electron chi connectivity index (χ0n) is 8.08. The van der Waals surface area contributed by atoms with Crippen LogP contribution >= 0.6 is 36.4 Å². The molecule has 2 aliphatic rings. The molecule has 0 aromatic rings. The molecule has 2 rings (SSSR count). The van der Waals surface area contributed by atoms with Gasteiger partial charge in [0.15, 0.2) is 0 Å². The second-order valence-electron chi connectivity index (χ2n) is 3.48. The van der Waals surface area contributed by atoms with Crippen LogP contribution in [0.4, 0.5) is 0 Å². The summed E-state index contributed by atoms with van der Waals surface area (Å²) in [5.74, 6) is 0. The highest BCUT2D eigenvalue weighted by Crippen LogP contribution is 2.60. The van der Waals surface area contributed by atoms with Crippen molar-refractivity contribution in [3.8, 4) is 0 Å². The van der Waals surface area contributed by atoms with E-state index in [1.807, 2.05) is 0 Å². The normalized spacial score (nSPS) is 48.6. The number of halogens is 2. The second kappa shape index (κ2) is 4.87. The smallest absolute Gasteiger partial charge is 0.294 e. The van der Waals surface area contributed by atoms with Gasteiger partial charge in [-0.05, 0) is 12.8 Å². The van der Waals surface area contributed by atoms with E-state index in [0.29, 0.717) is 12.8 Å². The molecule has 94 valence electrons. The standard InChI is InChI=1S/C6H10Cl2O6P2/c7-15(9)11-3-5(13-15)1-2-6-4-12-16(8,10)14-6/h5-6H,1-4H2. The highest BCUT2D eigenvalue weighted by atomic mass is 35.7. The lowest BCUT2D eigenvalue weighted by molar-refractivity contribution is 0.170. The summed E-state index contributed by atoms with van der Waals surface area (Å²) in [5.41, 5.74) is 0. The van der Waals surface area contributed by atoms with Gasteiger partial charge in [0.05, 0.1) is 25.4 Å². The van der Waals surface area contributed by atoms with E-state index in [-0.39, 0.29) is 25.4 Å². The summed E-state index contributed by atoms with van der Waals surface area (Å²) in [5, 5.41) is 0. The van der Waals surface area contributed by atoms with Gasteiger partial charge in [-0.15, -0.1) is 0 Å². The molecule has 4 atom stereocenters. The van der Waals surface area contributed by atoms with Gasteiger partial charge in [-0.1, -0.05) is 0 Å². The molecule has 0 N–H and O–H groups in total. The molecule has 16 heavy (non-hydrogen) atoms. The van der Waals surface area contributed by atoms with Gasteiger partial charge in [0.25, 0.3) is 0 Å². The van der Waals surface area contributed by atoms with Crippen molar-refractivity contribution >= 4 is 36.4 Å². The van der Waals surface area contributed by atoms with Crippen LogP contribution in [0.2, 0.25) is 0 Å². The molecular weight excluding hydrogens is 301 g/mol. The first kappa shape index (κ1) is 13.3. The average molecular weight is 311 g/mol. The van der Waals surface area contributed by atoms with E-state index in [0.717, 1.165) is 0 Å². The summed E-state index contributed by atoms with van der Waals surface area (Å²) < 4.78 is 41.7. The fourth-order valence-electron chi connectivity index (χ4n) is 1.47. The molecule has 2 saturated heterocycles. The number of rotatable bonds is 3. The predicted molar refractivity (Wildman–Crippen MR) is 57.8 cm³/mol. The van der Waals surface area contributed by atoms with Crippen molar-refractivity contribution in [3.05, 3.63) is 0 Å². The van der Waals surface area contributed by atoms with Gasteiger partial charge in [0.2, 0.25) is 0 Å². The van der Waals surface area contributed by atoms with Crippen LogP contribution in [0.25, 0.3) is 0 Å². The van der Waals surface area contributed by atoms with Crippen molar-refractivity contribution in [2.75, 3.05) is 13.2 Å². The molecule has 2 fully saturated rings. The van der Waals surface area contributed by atoms with Crippen LogP contribution in [0.5, 0.6) is 0 Å². The van der Waals surface area contributed by atoms with E-state index < -0.39 is 13.9 Å². The van der Waals surface area contributed by atoms with E-state index in [2.05, 4.69) is 0 Å². The third-order valence-corrected chi connectivity index (χ3v) is 5.27. The van der Waals surface area contributed by atoms with Crippen LogP contribution in [0.3, 0.4) is 0 Å². The topological polar surface area (TPSA) is 71.1 Å². The Morgan fingerprint density at radius 2 is 1.31 bits per heavy atom. The Kier molecular flexibility index (Phi) is 4.05. The van der Waals surface area contributed by atoms with E-state index in [9.17, 15) is 9.13 Å². The second-order valence-corrected chi connectivity index (χ2v) is 8.63. The first-order valence-electron chi connectivity index (χ1n) is 4.62. The maximum atomic E-state index is 11.1. The summed E-state index contributed by atoms with van der Waals surface area (Å²) >= 11 is 10.8. The van der Waals surface area contributed by atoms with E-state index in [1.54, 1.807) is 0 Å². The van der Waals surface area contributed by atoms with Gasteiger partial charge in [0, 0.05) is 22.5 Å². The molecule has 0 amide bonds. The fourth-order valence-corrected chi connectivity index (χ4v) is 4.34. The summed E-state index contributed by atoms with van der Waals surface area (Å²) in [6, 6.07) is 0. The molecule has 0 saturated carbocycles. The Hall–Kier alpha value is 0.880. The van der Waals surface area contributed by atoms with E-state index in [1.165, 1.54) is 0 Å². The monoisotopic (exact) mass is 310 g/mol. The van der Waals surface area contributed by atoms with Gasteiger partial charge in [0.1, 0.15) is 0 Å². The minimum absolute atomic E-state index is 0.187. The maximum absolute atomic E-state index is 11.1. The molecule has 4 unspecified atom stereocenters. The lowest BCUT2D eigenvalue weighted by atomic mass is 10.1. The van der Waals surface area contributed by atoms with Crippen molar-refractivity contribution in [1.29, 1.82) is 0 Å². The van der Waals surface area contributed by atoms with Crippen LogP contribution in [0.15, 0.2) is 0 Å². The molecule has 0 aromatic carbocycles. The molecule has 0 spiro atoms. The Balaban J connectivity index is 1.73. The molecule has 6 nitrogen and oxygen atoms in total. The number of hydrogen-bond donors (Lipinski definition) is 0. The summed E-state index contributed by atoms with van der Waals surface area (Å²) in [6.45, 7) is -6.36. The quantitative estimate of drug-likeness (QED) is 0.745. The predicted octanol–water partition coefficient (Wildman–Crippen LogP) is 3.29. The highest BCUT2D eigenvalue weighted by Gasteiger charge is 2.38. The third-order valence-electron chi connectivity index (χ3n) is 2.19. The minimum Gasteiger partial charge on any atom is -0.294 e. The van der Waals surface area contributed by atoms with Crippen LogP contribution in [-0.4, -0.2) is 25.4 Å². The lowest BCUT2D eigenvalue weighted by Crippen LogP contribution is -2.15. The largest absolute Gasteiger partial charge is 0.424 e. The molecular formula is C6H10Cl2O6P2. The molecule has 0 aliphatic carbocycles. The van der Waals surface area contributed by atoms with Gasteiger partial charge in [-0.2, -0.15) is 0 Å². The summed E-state index contributed by atoms with van der Waals surface area (Å²) in [7, 11) is 0. The van der Waals surface area contributed by atoms with Crippen LogP contribution in [-0.2, 0) is 27.2 Å². The Morgan fingerprint density at radius 3 is 1.56 bits per heavy atom. The van der Waals surface area contributed by atoms with Crippen molar-refractivity contribution in [1.82, 2.24) is 0 Å². The van der Waals surface area contributed by atoms with Crippen molar-refractivity contribution < 1.29 is 27.2 Å². The minimum atomic E-state index is -3.37. The van der Waals surface area contributed by atoms with E-state index >= 15 is 0 Å². The molecule has 10 heteroatoms. The van der Waals surface area contributed by atoms with Gasteiger partial charge in [-0.3, -0.25) is 18.1 Å². The fraction of sp³-hybridized carbons (Fsp3) is 1.00. The van der Waals surface area contributed by atoms with Gasteiger partial charge >= 0.3 is 13.9 Å².